The molecule has 0 bridgehead atoms. The summed E-state index contributed by atoms with van der Waals surface area (Å²) in [5.41, 5.74) is 1.71. The number of carbonyl (C=O) groups excluding carboxylic acids is 2. The molecule has 2 amide bonds. The van der Waals surface area contributed by atoms with Gasteiger partial charge in [0.05, 0.1) is 29.9 Å². The topological polar surface area (TPSA) is 67.7 Å². The van der Waals surface area contributed by atoms with Crippen molar-refractivity contribution in [1.82, 2.24) is 19.6 Å². The zero-order chi connectivity index (χ0) is 20.7. The van der Waals surface area contributed by atoms with E-state index in [2.05, 4.69) is 17.2 Å². The molecule has 8 heteroatoms. The molecule has 0 spiro atoms. The molecule has 0 aliphatic carbocycles. The minimum Gasteiger partial charge on any atom is -0.378 e. The lowest BCUT2D eigenvalue weighted by Crippen LogP contribution is -2.40. The lowest BCUT2D eigenvalue weighted by Gasteiger charge is -2.27. The van der Waals surface area contributed by atoms with Crippen molar-refractivity contribution in [3.63, 3.8) is 0 Å². The van der Waals surface area contributed by atoms with Gasteiger partial charge in [-0.3, -0.25) is 14.3 Å². The fraction of sp³-hybridized carbons (Fsp3) is 0.409. The molecule has 156 valence electrons. The van der Waals surface area contributed by atoms with Crippen molar-refractivity contribution < 1.29 is 14.3 Å². The Bertz CT molecular complexity index is 1100. The highest BCUT2D eigenvalue weighted by molar-refractivity contribution is 7.21. The average molecular weight is 425 g/mol. The van der Waals surface area contributed by atoms with Crippen LogP contribution >= 0.6 is 11.3 Å². The fourth-order valence-corrected chi connectivity index (χ4v) is 5.69. The molecule has 2 aliphatic rings. The summed E-state index contributed by atoms with van der Waals surface area (Å²) in [6.07, 6.45) is 4.22. The number of thiophene rings is 1. The molecular weight excluding hydrogens is 400 g/mol. The Morgan fingerprint density at radius 3 is 2.67 bits per heavy atom. The highest BCUT2D eigenvalue weighted by atomic mass is 32.1. The Kier molecular flexibility index (Phi) is 5.04. The van der Waals surface area contributed by atoms with E-state index in [1.165, 1.54) is 0 Å². The van der Waals surface area contributed by atoms with E-state index in [1.54, 1.807) is 28.4 Å². The van der Waals surface area contributed by atoms with Crippen molar-refractivity contribution in [2.45, 2.75) is 12.3 Å². The standard InChI is InChI=1S/C22H24N4O3S/c1-24-13-16(12-23-24)21(27)26-7-6-15(14-26)19-17-4-2-3-5-18(17)30-20(19)22(28)25-8-10-29-11-9-25/h2-5,12-13,15H,6-11,14H2,1H3/t15-/m0/s1. The molecule has 1 aromatic carbocycles. The van der Waals surface area contributed by atoms with Gasteiger partial charge < -0.3 is 14.5 Å². The number of aryl methyl sites for hydroxylation is 1. The monoisotopic (exact) mass is 424 g/mol. The minimum atomic E-state index is 0.00573. The first kappa shape index (κ1) is 19.3. The summed E-state index contributed by atoms with van der Waals surface area (Å²) < 4.78 is 8.19. The first-order chi connectivity index (χ1) is 14.6. The number of hydrogen-bond donors (Lipinski definition) is 0. The average Bonchev–Trinajstić information content (AvgIpc) is 3.51. The van der Waals surface area contributed by atoms with Gasteiger partial charge in [0.2, 0.25) is 0 Å². The molecule has 5 rings (SSSR count). The maximum atomic E-state index is 13.4. The SMILES string of the molecule is Cn1cc(C(=O)N2CC[C@H](c3c(C(=O)N4CCOCC4)sc4ccccc34)C2)cn1. The van der Waals surface area contributed by atoms with Crippen LogP contribution in [-0.2, 0) is 11.8 Å². The van der Waals surface area contributed by atoms with Crippen LogP contribution in [0.3, 0.4) is 0 Å². The molecule has 2 aromatic heterocycles. The van der Waals surface area contributed by atoms with Gasteiger partial charge in [-0.2, -0.15) is 5.10 Å². The number of rotatable bonds is 3. The second-order valence-corrected chi connectivity index (χ2v) is 8.94. The Labute approximate surface area is 178 Å². The number of likely N-dealkylation sites (tertiary alicyclic amines) is 1. The molecule has 3 aromatic rings. The third-order valence-electron chi connectivity index (χ3n) is 5.96. The van der Waals surface area contributed by atoms with Crippen LogP contribution in [0.1, 0.15) is 37.9 Å². The van der Waals surface area contributed by atoms with Gasteiger partial charge in [-0.25, -0.2) is 0 Å². The van der Waals surface area contributed by atoms with E-state index in [0.717, 1.165) is 26.9 Å². The Hall–Kier alpha value is -2.71. The van der Waals surface area contributed by atoms with Crippen molar-refractivity contribution >= 4 is 33.2 Å². The van der Waals surface area contributed by atoms with Crippen LogP contribution in [0, 0.1) is 0 Å². The van der Waals surface area contributed by atoms with Crippen molar-refractivity contribution in [3.8, 4) is 0 Å². The molecule has 2 fully saturated rings. The van der Waals surface area contributed by atoms with Crippen molar-refractivity contribution in [3.05, 3.63) is 52.7 Å². The van der Waals surface area contributed by atoms with Crippen LogP contribution in [0.4, 0.5) is 0 Å². The van der Waals surface area contributed by atoms with Crippen molar-refractivity contribution in [2.24, 2.45) is 7.05 Å². The third-order valence-corrected chi connectivity index (χ3v) is 7.14. The number of carbonyl (C=O) groups is 2. The predicted molar refractivity (Wildman–Crippen MR) is 115 cm³/mol. The van der Waals surface area contributed by atoms with Crippen molar-refractivity contribution in [1.29, 1.82) is 0 Å². The van der Waals surface area contributed by atoms with Crippen LogP contribution < -0.4 is 0 Å². The molecule has 30 heavy (non-hydrogen) atoms. The van der Waals surface area contributed by atoms with Crippen LogP contribution in [0.25, 0.3) is 10.1 Å². The lowest BCUT2D eigenvalue weighted by molar-refractivity contribution is 0.0305. The van der Waals surface area contributed by atoms with Gasteiger partial charge in [0.25, 0.3) is 11.8 Å². The quantitative estimate of drug-likeness (QED) is 0.648. The number of ether oxygens (including phenoxy) is 1. The smallest absolute Gasteiger partial charge is 0.264 e. The molecule has 0 unspecified atom stereocenters. The van der Waals surface area contributed by atoms with Gasteiger partial charge in [-0.15, -0.1) is 11.3 Å². The predicted octanol–water partition coefficient (Wildman–Crippen LogP) is 2.74. The highest BCUT2D eigenvalue weighted by Crippen LogP contribution is 2.41. The largest absolute Gasteiger partial charge is 0.378 e. The number of hydrogen-bond acceptors (Lipinski definition) is 5. The van der Waals surface area contributed by atoms with E-state index in [1.807, 2.05) is 29.0 Å². The Morgan fingerprint density at radius 2 is 1.90 bits per heavy atom. The number of nitrogens with zero attached hydrogens (tertiary/aromatic N) is 4. The number of amides is 2. The maximum absolute atomic E-state index is 13.4. The summed E-state index contributed by atoms with van der Waals surface area (Å²) in [6.45, 7) is 3.74. The molecule has 4 heterocycles. The van der Waals surface area contributed by atoms with Gasteiger partial charge in [0.1, 0.15) is 0 Å². The van der Waals surface area contributed by atoms with E-state index in [4.69, 9.17) is 4.74 Å². The first-order valence-corrected chi connectivity index (χ1v) is 11.1. The molecule has 0 saturated carbocycles. The summed E-state index contributed by atoms with van der Waals surface area (Å²) in [5, 5.41) is 5.26. The second-order valence-electron chi connectivity index (χ2n) is 7.89. The Morgan fingerprint density at radius 1 is 1.10 bits per heavy atom. The molecule has 2 aliphatic heterocycles. The van der Waals surface area contributed by atoms with E-state index in [9.17, 15) is 9.59 Å². The molecule has 1 atom stereocenters. The van der Waals surface area contributed by atoms with Crippen LogP contribution in [0.2, 0.25) is 0 Å². The second kappa shape index (κ2) is 7.85. The van der Waals surface area contributed by atoms with Gasteiger partial charge in [-0.1, -0.05) is 18.2 Å². The van der Waals surface area contributed by atoms with Gasteiger partial charge in [0, 0.05) is 50.0 Å². The zero-order valence-corrected chi connectivity index (χ0v) is 17.7. The molecule has 0 N–H and O–H groups in total. The number of fused-ring (bicyclic) bond motifs is 1. The summed E-state index contributed by atoms with van der Waals surface area (Å²) in [7, 11) is 1.81. The minimum absolute atomic E-state index is 0.00573. The summed E-state index contributed by atoms with van der Waals surface area (Å²) in [5.74, 6) is 0.250. The van der Waals surface area contributed by atoms with Crippen LogP contribution in [0.15, 0.2) is 36.7 Å². The molecular formula is C22H24N4O3S. The van der Waals surface area contributed by atoms with E-state index >= 15 is 0 Å². The number of benzene rings is 1. The van der Waals surface area contributed by atoms with Crippen LogP contribution in [-0.4, -0.2) is 70.8 Å². The summed E-state index contributed by atoms with van der Waals surface area (Å²) >= 11 is 1.57. The van der Waals surface area contributed by atoms with E-state index in [0.29, 0.717) is 45.0 Å². The zero-order valence-electron chi connectivity index (χ0n) is 16.9. The number of morpholine rings is 1. The van der Waals surface area contributed by atoms with Gasteiger partial charge in [-0.05, 0) is 23.4 Å². The van der Waals surface area contributed by atoms with Gasteiger partial charge >= 0.3 is 0 Å². The molecule has 7 nitrogen and oxygen atoms in total. The lowest BCUT2D eigenvalue weighted by atomic mass is 9.94. The summed E-state index contributed by atoms with van der Waals surface area (Å²) in [6, 6.07) is 8.21. The third kappa shape index (κ3) is 3.40. The molecule has 0 radical (unpaired) electrons. The maximum Gasteiger partial charge on any atom is 0.264 e. The highest BCUT2D eigenvalue weighted by Gasteiger charge is 2.34. The fourth-order valence-electron chi connectivity index (χ4n) is 4.43. The van der Waals surface area contributed by atoms with Gasteiger partial charge in [0.15, 0.2) is 0 Å². The Balaban J connectivity index is 1.46. The first-order valence-electron chi connectivity index (χ1n) is 10.3. The summed E-state index contributed by atoms with van der Waals surface area (Å²) in [4.78, 5) is 30.9. The van der Waals surface area contributed by atoms with Crippen LogP contribution in [0.5, 0.6) is 0 Å². The number of aromatic nitrogens is 2. The van der Waals surface area contributed by atoms with E-state index in [-0.39, 0.29) is 17.7 Å². The molecule has 2 saturated heterocycles. The van der Waals surface area contributed by atoms with E-state index < -0.39 is 0 Å². The normalized spacial score (nSPS) is 19.6. The van der Waals surface area contributed by atoms with Crippen molar-refractivity contribution in [2.75, 3.05) is 39.4 Å².